The van der Waals surface area contributed by atoms with E-state index in [1.807, 2.05) is 13.8 Å². The Balaban J connectivity index is 1.51. The number of hydrogen-bond donors (Lipinski definition) is 3. The Morgan fingerprint density at radius 2 is 1.93 bits per heavy atom. The Hall–Kier alpha value is -0.940. The number of fused-ring (bicyclic) bond motifs is 5. The Morgan fingerprint density at radius 1 is 1.17 bits per heavy atom. The van der Waals surface area contributed by atoms with Crippen molar-refractivity contribution in [2.24, 2.45) is 22.7 Å². The molecule has 162 valence electrons. The second-order valence-electron chi connectivity index (χ2n) is 10.9. The topological polar surface area (TPSA) is 69.9 Å². The van der Waals surface area contributed by atoms with Gasteiger partial charge < -0.3 is 20.1 Å². The van der Waals surface area contributed by atoms with E-state index in [4.69, 9.17) is 4.74 Å². The summed E-state index contributed by atoms with van der Waals surface area (Å²) in [5.41, 5.74) is 3.31. The van der Waals surface area contributed by atoms with Crippen LogP contribution in [0, 0.1) is 22.7 Å². The molecular weight excluding hydrogens is 364 g/mol. The van der Waals surface area contributed by atoms with Crippen molar-refractivity contribution >= 4 is 0 Å². The van der Waals surface area contributed by atoms with E-state index in [0.29, 0.717) is 44.3 Å². The summed E-state index contributed by atoms with van der Waals surface area (Å²) in [7, 11) is 0. The molecule has 4 nitrogen and oxygen atoms in total. The zero-order valence-corrected chi connectivity index (χ0v) is 18.4. The molecule has 0 aliphatic heterocycles. The number of ether oxygens (including phenoxy) is 1. The zero-order chi connectivity index (χ0) is 21.0. The van der Waals surface area contributed by atoms with Gasteiger partial charge in [-0.05, 0) is 68.8 Å². The minimum Gasteiger partial charge on any atom is -0.393 e. The van der Waals surface area contributed by atoms with Crippen LogP contribution < -0.4 is 0 Å². The highest BCUT2D eigenvalue weighted by Crippen LogP contribution is 2.63. The summed E-state index contributed by atoms with van der Waals surface area (Å²) in [6.45, 7) is 9.47. The predicted octanol–water partition coefficient (Wildman–Crippen LogP) is 3.91. The molecule has 2 fully saturated rings. The van der Waals surface area contributed by atoms with Gasteiger partial charge >= 0.3 is 0 Å². The maximum atomic E-state index is 11.0. The molecule has 0 saturated heterocycles. The van der Waals surface area contributed by atoms with Gasteiger partial charge in [-0.3, -0.25) is 0 Å². The van der Waals surface area contributed by atoms with E-state index in [-0.39, 0.29) is 10.8 Å². The van der Waals surface area contributed by atoms with E-state index in [1.54, 1.807) is 0 Å². The van der Waals surface area contributed by atoms with Crippen molar-refractivity contribution in [3.05, 3.63) is 34.9 Å². The van der Waals surface area contributed by atoms with Crippen molar-refractivity contribution < 1.29 is 20.1 Å². The van der Waals surface area contributed by atoms with Gasteiger partial charge in [0.1, 0.15) is 0 Å². The monoisotopic (exact) mass is 402 g/mol. The van der Waals surface area contributed by atoms with Crippen LogP contribution in [0.2, 0.25) is 0 Å². The highest BCUT2D eigenvalue weighted by molar-refractivity contribution is 5.43. The van der Waals surface area contributed by atoms with Gasteiger partial charge in [0.25, 0.3) is 0 Å². The lowest BCUT2D eigenvalue weighted by molar-refractivity contribution is -0.0496. The highest BCUT2D eigenvalue weighted by Gasteiger charge is 2.56. The lowest BCUT2D eigenvalue weighted by atomic mass is 9.50. The standard InChI is InChI=1S/C25H38O4/c1-23(2,28)11-12-29-15-17-6-8-20-19-7-5-16-13-18(26)14-22(27)25(16,4)21(19)9-10-24(17,20)3/h5-7,18,20-22,26-28H,8-15H2,1-4H3/t18-,20+,21+,22+,24-,25+/m1/s1. The van der Waals surface area contributed by atoms with Crippen molar-refractivity contribution in [3.63, 3.8) is 0 Å². The van der Waals surface area contributed by atoms with Crippen LogP contribution in [-0.4, -0.2) is 46.3 Å². The lowest BCUT2D eigenvalue weighted by Crippen LogP contribution is -2.52. The van der Waals surface area contributed by atoms with Gasteiger partial charge in [0.05, 0.1) is 24.4 Å². The van der Waals surface area contributed by atoms with Crippen molar-refractivity contribution in [2.45, 2.75) is 84.0 Å². The van der Waals surface area contributed by atoms with Crippen LogP contribution in [0.3, 0.4) is 0 Å². The van der Waals surface area contributed by atoms with Crippen LogP contribution in [0.4, 0.5) is 0 Å². The van der Waals surface area contributed by atoms with Crippen LogP contribution in [0.1, 0.15) is 66.2 Å². The van der Waals surface area contributed by atoms with Gasteiger partial charge in [0.2, 0.25) is 0 Å². The smallest absolute Gasteiger partial charge is 0.0682 e. The normalized spacial score (nSPS) is 41.7. The van der Waals surface area contributed by atoms with Crippen LogP contribution in [0.5, 0.6) is 0 Å². The fraction of sp³-hybridized carbons (Fsp3) is 0.760. The van der Waals surface area contributed by atoms with E-state index in [2.05, 4.69) is 32.1 Å². The Morgan fingerprint density at radius 3 is 2.66 bits per heavy atom. The summed E-state index contributed by atoms with van der Waals surface area (Å²) in [6.07, 6.45) is 11.0. The number of hydrogen-bond acceptors (Lipinski definition) is 4. The molecule has 0 radical (unpaired) electrons. The maximum Gasteiger partial charge on any atom is 0.0682 e. The third-order valence-corrected chi connectivity index (χ3v) is 8.51. The minimum atomic E-state index is -0.685. The minimum absolute atomic E-state index is 0.123. The van der Waals surface area contributed by atoms with Crippen molar-refractivity contribution in [2.75, 3.05) is 13.2 Å². The van der Waals surface area contributed by atoms with E-state index in [0.717, 1.165) is 19.3 Å². The highest BCUT2D eigenvalue weighted by atomic mass is 16.5. The molecule has 0 aromatic carbocycles. The summed E-state index contributed by atoms with van der Waals surface area (Å²) in [4.78, 5) is 0. The van der Waals surface area contributed by atoms with E-state index >= 15 is 0 Å². The molecule has 0 spiro atoms. The summed E-state index contributed by atoms with van der Waals surface area (Å²) < 4.78 is 5.95. The van der Waals surface area contributed by atoms with Crippen LogP contribution >= 0.6 is 0 Å². The average molecular weight is 403 g/mol. The first kappa shape index (κ1) is 21.3. The molecule has 4 aliphatic rings. The van der Waals surface area contributed by atoms with Gasteiger partial charge in [0, 0.05) is 18.4 Å². The molecule has 0 unspecified atom stereocenters. The lowest BCUT2D eigenvalue weighted by Gasteiger charge is -2.56. The molecule has 0 amide bonds. The number of allylic oxidation sites excluding steroid dienone is 4. The van der Waals surface area contributed by atoms with Crippen LogP contribution in [0.25, 0.3) is 0 Å². The van der Waals surface area contributed by atoms with Gasteiger partial charge in [-0.15, -0.1) is 0 Å². The fourth-order valence-electron chi connectivity index (χ4n) is 6.45. The second kappa shape index (κ2) is 7.33. The molecule has 2 saturated carbocycles. The van der Waals surface area contributed by atoms with Crippen molar-refractivity contribution in [3.8, 4) is 0 Å². The largest absolute Gasteiger partial charge is 0.393 e. The molecule has 0 aromatic rings. The molecule has 4 rings (SSSR count). The molecule has 0 aromatic heterocycles. The first-order valence-corrected chi connectivity index (χ1v) is 11.3. The quantitative estimate of drug-likeness (QED) is 0.482. The summed E-state index contributed by atoms with van der Waals surface area (Å²) in [5.74, 6) is 0.842. The number of rotatable bonds is 5. The van der Waals surface area contributed by atoms with E-state index in [9.17, 15) is 15.3 Å². The van der Waals surface area contributed by atoms with Gasteiger partial charge in [-0.2, -0.15) is 0 Å². The summed E-state index contributed by atoms with van der Waals surface area (Å²) in [6, 6.07) is 0. The molecule has 6 atom stereocenters. The SMILES string of the molecule is CC(C)(O)CCOCC1=CC[C@H]2C3=CC=C4C[C@@H](O)C[C@H](O)[C@]4(C)[C@H]3CC[C@]12C. The van der Waals surface area contributed by atoms with Crippen LogP contribution in [0.15, 0.2) is 34.9 Å². The Kier molecular flexibility index (Phi) is 5.39. The average Bonchev–Trinajstić information content (AvgIpc) is 2.96. The molecule has 3 N–H and O–H groups in total. The zero-order valence-electron chi connectivity index (χ0n) is 18.4. The van der Waals surface area contributed by atoms with E-state index in [1.165, 1.54) is 16.7 Å². The molecule has 4 heteroatoms. The first-order valence-electron chi connectivity index (χ1n) is 11.3. The number of aliphatic hydroxyl groups is 3. The molecule has 0 heterocycles. The number of aliphatic hydroxyl groups excluding tert-OH is 2. The maximum absolute atomic E-state index is 11.0. The van der Waals surface area contributed by atoms with Gasteiger partial charge in [-0.25, -0.2) is 0 Å². The first-order chi connectivity index (χ1) is 13.6. The third kappa shape index (κ3) is 3.56. The fourth-order valence-corrected chi connectivity index (χ4v) is 6.45. The molecule has 0 bridgehead atoms. The molecule has 29 heavy (non-hydrogen) atoms. The van der Waals surface area contributed by atoms with Gasteiger partial charge in [-0.1, -0.05) is 43.2 Å². The Bertz CT molecular complexity index is 742. The van der Waals surface area contributed by atoms with E-state index < -0.39 is 17.8 Å². The second-order valence-corrected chi connectivity index (χ2v) is 10.9. The Labute approximate surface area is 175 Å². The van der Waals surface area contributed by atoms with Crippen molar-refractivity contribution in [1.29, 1.82) is 0 Å². The van der Waals surface area contributed by atoms with Crippen LogP contribution in [-0.2, 0) is 4.74 Å². The third-order valence-electron chi connectivity index (χ3n) is 8.51. The summed E-state index contributed by atoms with van der Waals surface area (Å²) in [5, 5.41) is 31.0. The predicted molar refractivity (Wildman–Crippen MR) is 114 cm³/mol. The van der Waals surface area contributed by atoms with Crippen molar-refractivity contribution in [1.82, 2.24) is 0 Å². The molecular formula is C25H38O4. The summed E-state index contributed by atoms with van der Waals surface area (Å²) >= 11 is 0. The van der Waals surface area contributed by atoms with Gasteiger partial charge in [0.15, 0.2) is 0 Å². The molecule has 4 aliphatic carbocycles.